The van der Waals surface area contributed by atoms with Gasteiger partial charge in [-0.1, -0.05) is 42.0 Å². The fourth-order valence-corrected chi connectivity index (χ4v) is 3.23. The molecule has 1 saturated heterocycles. The van der Waals surface area contributed by atoms with Crippen LogP contribution in [0.3, 0.4) is 0 Å². The van der Waals surface area contributed by atoms with E-state index in [9.17, 15) is 9.59 Å². The summed E-state index contributed by atoms with van der Waals surface area (Å²) in [5.74, 6) is 0.466. The van der Waals surface area contributed by atoms with Crippen molar-refractivity contribution in [2.24, 2.45) is 0 Å². The van der Waals surface area contributed by atoms with Crippen LogP contribution in [0, 0.1) is 6.92 Å². The van der Waals surface area contributed by atoms with Gasteiger partial charge in [0.25, 0.3) is 0 Å². The summed E-state index contributed by atoms with van der Waals surface area (Å²) in [5.41, 5.74) is 2.81. The molecule has 1 aliphatic heterocycles. The molecule has 2 aromatic carbocycles. The van der Waals surface area contributed by atoms with Gasteiger partial charge >= 0.3 is 6.03 Å². The van der Waals surface area contributed by atoms with Gasteiger partial charge in [0.2, 0.25) is 5.91 Å². The number of methoxy groups -OCH3 is 1. The van der Waals surface area contributed by atoms with Gasteiger partial charge in [-0.2, -0.15) is 0 Å². The lowest BCUT2D eigenvalue weighted by molar-refractivity contribution is -0.124. The number of amides is 3. The number of para-hydroxylation sites is 2. The van der Waals surface area contributed by atoms with E-state index in [1.807, 2.05) is 43.3 Å². The maximum Gasteiger partial charge on any atom is 0.322 e. The van der Waals surface area contributed by atoms with Gasteiger partial charge in [0.05, 0.1) is 12.8 Å². The number of likely N-dealkylation sites (tertiary alicyclic amines) is 1. The van der Waals surface area contributed by atoms with E-state index in [4.69, 9.17) is 4.74 Å². The van der Waals surface area contributed by atoms with E-state index in [1.165, 1.54) is 5.56 Å². The van der Waals surface area contributed by atoms with Crippen LogP contribution in [0.4, 0.5) is 10.5 Å². The largest absolute Gasteiger partial charge is 0.495 e. The Morgan fingerprint density at radius 2 is 1.89 bits per heavy atom. The predicted octanol–water partition coefficient (Wildman–Crippen LogP) is 3.32. The molecule has 2 aromatic rings. The Morgan fingerprint density at radius 1 is 1.15 bits per heavy atom. The van der Waals surface area contributed by atoms with E-state index in [0.717, 1.165) is 12.0 Å². The number of ether oxygens (including phenoxy) is 1. The third-order valence-electron chi connectivity index (χ3n) is 4.75. The van der Waals surface area contributed by atoms with Gasteiger partial charge in [0.15, 0.2) is 0 Å². The first kappa shape index (κ1) is 18.8. The molecule has 3 rings (SSSR count). The van der Waals surface area contributed by atoms with Gasteiger partial charge in [-0.3, -0.25) is 4.79 Å². The summed E-state index contributed by atoms with van der Waals surface area (Å²) in [7, 11) is 1.56. The number of rotatable bonds is 5. The second-order valence-corrected chi connectivity index (χ2v) is 6.69. The molecule has 1 heterocycles. The Labute approximate surface area is 159 Å². The van der Waals surface area contributed by atoms with Crippen LogP contribution >= 0.6 is 0 Å². The minimum absolute atomic E-state index is 0.122. The first-order valence-electron chi connectivity index (χ1n) is 9.12. The van der Waals surface area contributed by atoms with E-state index in [1.54, 1.807) is 24.1 Å². The highest BCUT2D eigenvalue weighted by atomic mass is 16.5. The molecule has 0 unspecified atom stereocenters. The summed E-state index contributed by atoms with van der Waals surface area (Å²) in [6.07, 6.45) is 1.47. The second-order valence-electron chi connectivity index (χ2n) is 6.69. The van der Waals surface area contributed by atoms with Crippen LogP contribution in [-0.4, -0.2) is 36.5 Å². The molecule has 0 aliphatic carbocycles. The fourth-order valence-electron chi connectivity index (χ4n) is 3.23. The molecule has 27 heavy (non-hydrogen) atoms. The number of carbonyl (C=O) groups is 2. The molecular weight excluding hydrogens is 342 g/mol. The zero-order valence-corrected chi connectivity index (χ0v) is 15.7. The minimum Gasteiger partial charge on any atom is -0.495 e. The molecule has 0 aromatic heterocycles. The summed E-state index contributed by atoms with van der Waals surface area (Å²) >= 11 is 0. The summed E-state index contributed by atoms with van der Waals surface area (Å²) < 4.78 is 5.27. The molecule has 142 valence electrons. The number of anilines is 1. The van der Waals surface area contributed by atoms with Crippen molar-refractivity contribution >= 4 is 17.6 Å². The van der Waals surface area contributed by atoms with E-state index in [2.05, 4.69) is 10.6 Å². The maximum atomic E-state index is 12.7. The molecule has 1 fully saturated rings. The van der Waals surface area contributed by atoms with Crippen LogP contribution in [-0.2, 0) is 11.3 Å². The molecule has 1 atom stereocenters. The second kappa shape index (κ2) is 8.58. The monoisotopic (exact) mass is 367 g/mol. The number of hydrogen-bond donors (Lipinski definition) is 2. The number of aryl methyl sites for hydroxylation is 1. The lowest BCUT2D eigenvalue weighted by atomic mass is 10.1. The first-order valence-corrected chi connectivity index (χ1v) is 9.12. The summed E-state index contributed by atoms with van der Waals surface area (Å²) in [5, 5.41) is 5.80. The third kappa shape index (κ3) is 4.58. The number of carbonyl (C=O) groups excluding carboxylic acids is 2. The number of benzene rings is 2. The molecule has 6 nitrogen and oxygen atoms in total. The average Bonchev–Trinajstić information content (AvgIpc) is 3.18. The van der Waals surface area contributed by atoms with Crippen molar-refractivity contribution in [3.8, 4) is 5.75 Å². The Balaban J connectivity index is 1.61. The zero-order chi connectivity index (χ0) is 19.2. The lowest BCUT2D eigenvalue weighted by Crippen LogP contribution is -2.47. The van der Waals surface area contributed by atoms with Crippen molar-refractivity contribution in [3.63, 3.8) is 0 Å². The molecule has 0 radical (unpaired) electrons. The van der Waals surface area contributed by atoms with Gasteiger partial charge in [0, 0.05) is 13.1 Å². The number of hydrogen-bond acceptors (Lipinski definition) is 3. The maximum absolute atomic E-state index is 12.7. The van der Waals surface area contributed by atoms with E-state index < -0.39 is 6.04 Å². The van der Waals surface area contributed by atoms with Crippen LogP contribution in [0.5, 0.6) is 5.75 Å². The minimum atomic E-state index is -0.454. The van der Waals surface area contributed by atoms with Crippen molar-refractivity contribution in [1.29, 1.82) is 0 Å². The molecule has 3 amide bonds. The Bertz CT molecular complexity index is 805. The SMILES string of the molecule is COc1ccccc1NC(=O)N1CCC[C@H]1C(=O)NCc1ccc(C)cc1. The van der Waals surface area contributed by atoms with Crippen LogP contribution in [0.15, 0.2) is 48.5 Å². The summed E-state index contributed by atoms with van der Waals surface area (Å²) in [6, 6.07) is 14.5. The quantitative estimate of drug-likeness (QED) is 0.852. The van der Waals surface area contributed by atoms with Crippen LogP contribution < -0.4 is 15.4 Å². The number of urea groups is 1. The van der Waals surface area contributed by atoms with Crippen LogP contribution in [0.25, 0.3) is 0 Å². The molecule has 2 N–H and O–H groups in total. The Morgan fingerprint density at radius 3 is 2.63 bits per heavy atom. The van der Waals surface area contributed by atoms with Crippen molar-refractivity contribution in [2.45, 2.75) is 32.4 Å². The first-order chi connectivity index (χ1) is 13.1. The van der Waals surface area contributed by atoms with E-state index >= 15 is 0 Å². The highest BCUT2D eigenvalue weighted by molar-refractivity contribution is 5.95. The summed E-state index contributed by atoms with van der Waals surface area (Å²) in [4.78, 5) is 26.9. The Kier molecular flexibility index (Phi) is 5.96. The highest BCUT2D eigenvalue weighted by Crippen LogP contribution is 2.25. The molecule has 0 saturated carbocycles. The molecule has 0 spiro atoms. The normalized spacial score (nSPS) is 16.1. The lowest BCUT2D eigenvalue weighted by Gasteiger charge is -2.24. The molecule has 1 aliphatic rings. The predicted molar refractivity (Wildman–Crippen MR) is 105 cm³/mol. The van der Waals surface area contributed by atoms with Crippen LogP contribution in [0.1, 0.15) is 24.0 Å². The van der Waals surface area contributed by atoms with Crippen molar-refractivity contribution in [3.05, 3.63) is 59.7 Å². The van der Waals surface area contributed by atoms with Gasteiger partial charge in [-0.15, -0.1) is 0 Å². The van der Waals surface area contributed by atoms with Crippen molar-refractivity contribution in [1.82, 2.24) is 10.2 Å². The standard InChI is InChI=1S/C21H25N3O3/c1-15-9-11-16(12-10-15)14-22-20(25)18-7-5-13-24(18)21(26)23-17-6-3-4-8-19(17)27-2/h3-4,6,8-12,18H,5,7,13-14H2,1-2H3,(H,22,25)(H,23,26)/t18-/m0/s1. The zero-order valence-electron chi connectivity index (χ0n) is 15.7. The van der Waals surface area contributed by atoms with E-state index in [0.29, 0.717) is 30.9 Å². The topological polar surface area (TPSA) is 70.7 Å². The van der Waals surface area contributed by atoms with E-state index in [-0.39, 0.29) is 11.9 Å². The third-order valence-corrected chi connectivity index (χ3v) is 4.75. The van der Waals surface area contributed by atoms with Gasteiger partial charge in [-0.05, 0) is 37.5 Å². The number of nitrogens with one attached hydrogen (secondary N) is 2. The van der Waals surface area contributed by atoms with Gasteiger partial charge in [-0.25, -0.2) is 4.79 Å². The molecular formula is C21H25N3O3. The highest BCUT2D eigenvalue weighted by Gasteiger charge is 2.34. The average molecular weight is 367 g/mol. The van der Waals surface area contributed by atoms with Crippen molar-refractivity contribution < 1.29 is 14.3 Å². The summed E-state index contributed by atoms with van der Waals surface area (Å²) in [6.45, 7) is 3.04. The molecule has 0 bridgehead atoms. The van der Waals surface area contributed by atoms with Crippen LogP contribution in [0.2, 0.25) is 0 Å². The van der Waals surface area contributed by atoms with Gasteiger partial charge < -0.3 is 20.3 Å². The Hall–Kier alpha value is -3.02. The van der Waals surface area contributed by atoms with Crippen molar-refractivity contribution in [2.75, 3.05) is 19.0 Å². The number of nitrogens with zero attached hydrogens (tertiary/aromatic N) is 1. The smallest absolute Gasteiger partial charge is 0.322 e. The molecule has 6 heteroatoms. The fraction of sp³-hybridized carbons (Fsp3) is 0.333. The van der Waals surface area contributed by atoms with Gasteiger partial charge in [0.1, 0.15) is 11.8 Å².